The van der Waals surface area contributed by atoms with E-state index in [-0.39, 0.29) is 0 Å². The summed E-state index contributed by atoms with van der Waals surface area (Å²) in [5.41, 5.74) is 0. The van der Waals surface area contributed by atoms with Crippen molar-refractivity contribution in [1.82, 2.24) is 10.2 Å². The predicted molar refractivity (Wildman–Crippen MR) is 63.6 cm³/mol. The number of morpholine rings is 1. The van der Waals surface area contributed by atoms with Crippen LogP contribution in [0.15, 0.2) is 0 Å². The van der Waals surface area contributed by atoms with Crippen molar-refractivity contribution < 1.29 is 9.47 Å². The van der Waals surface area contributed by atoms with Crippen molar-refractivity contribution in [3.63, 3.8) is 0 Å². The van der Waals surface area contributed by atoms with E-state index < -0.39 is 0 Å². The Morgan fingerprint density at radius 3 is 3.06 bits per heavy atom. The second kappa shape index (κ2) is 5.96. The third-order valence-electron chi connectivity index (χ3n) is 3.75. The van der Waals surface area contributed by atoms with E-state index in [1.54, 1.807) is 0 Å². The van der Waals surface area contributed by atoms with E-state index in [0.29, 0.717) is 18.1 Å². The van der Waals surface area contributed by atoms with Gasteiger partial charge in [-0.1, -0.05) is 6.92 Å². The summed E-state index contributed by atoms with van der Waals surface area (Å²) in [6, 6.07) is 0.500. The topological polar surface area (TPSA) is 33.7 Å². The molecule has 4 heteroatoms. The average molecular weight is 228 g/mol. The zero-order valence-corrected chi connectivity index (χ0v) is 10.4. The van der Waals surface area contributed by atoms with Gasteiger partial charge in [0.15, 0.2) is 0 Å². The van der Waals surface area contributed by atoms with Crippen LogP contribution in [0.25, 0.3) is 0 Å². The molecule has 2 rings (SSSR count). The highest BCUT2D eigenvalue weighted by Gasteiger charge is 2.27. The smallest absolute Gasteiger partial charge is 0.0724 e. The first-order valence-electron chi connectivity index (χ1n) is 6.36. The fraction of sp³-hybridized carbons (Fsp3) is 1.00. The van der Waals surface area contributed by atoms with Crippen molar-refractivity contribution in [3.8, 4) is 0 Å². The molecule has 0 spiro atoms. The molecule has 3 unspecified atom stereocenters. The molecule has 2 aliphatic rings. The van der Waals surface area contributed by atoms with Gasteiger partial charge in [0.05, 0.1) is 19.3 Å². The summed E-state index contributed by atoms with van der Waals surface area (Å²) in [4.78, 5) is 2.50. The molecule has 0 saturated carbocycles. The summed E-state index contributed by atoms with van der Waals surface area (Å²) >= 11 is 0. The lowest BCUT2D eigenvalue weighted by Crippen LogP contribution is -2.52. The van der Waals surface area contributed by atoms with Gasteiger partial charge >= 0.3 is 0 Å². The molecule has 0 aliphatic carbocycles. The third-order valence-corrected chi connectivity index (χ3v) is 3.75. The van der Waals surface area contributed by atoms with E-state index in [9.17, 15) is 0 Å². The van der Waals surface area contributed by atoms with Gasteiger partial charge in [-0.05, 0) is 18.9 Å². The maximum Gasteiger partial charge on any atom is 0.0724 e. The molecule has 1 N–H and O–H groups in total. The van der Waals surface area contributed by atoms with Crippen LogP contribution in [0.2, 0.25) is 0 Å². The molecule has 94 valence electrons. The van der Waals surface area contributed by atoms with Crippen LogP contribution in [0.1, 0.15) is 13.3 Å². The summed E-state index contributed by atoms with van der Waals surface area (Å²) < 4.78 is 11.0. The van der Waals surface area contributed by atoms with Gasteiger partial charge in [0, 0.05) is 32.8 Å². The minimum absolute atomic E-state index is 0.401. The first-order chi connectivity index (χ1) is 7.79. The highest BCUT2D eigenvalue weighted by Crippen LogP contribution is 2.19. The number of methoxy groups -OCH3 is 1. The molecule has 16 heavy (non-hydrogen) atoms. The molecule has 0 radical (unpaired) electrons. The molecule has 3 atom stereocenters. The Balaban J connectivity index is 1.76. The largest absolute Gasteiger partial charge is 0.380 e. The molecule has 4 nitrogen and oxygen atoms in total. The molecular weight excluding hydrogens is 204 g/mol. The van der Waals surface area contributed by atoms with Gasteiger partial charge in [-0.15, -0.1) is 0 Å². The maximum atomic E-state index is 5.53. The van der Waals surface area contributed by atoms with Crippen molar-refractivity contribution in [2.75, 3.05) is 46.5 Å². The molecule has 0 aromatic heterocycles. The van der Waals surface area contributed by atoms with E-state index in [1.807, 2.05) is 7.11 Å². The summed E-state index contributed by atoms with van der Waals surface area (Å²) in [5.74, 6) is 0.691. The Hall–Kier alpha value is -0.160. The van der Waals surface area contributed by atoms with E-state index in [2.05, 4.69) is 17.1 Å². The highest BCUT2D eigenvalue weighted by atomic mass is 16.5. The number of ether oxygens (including phenoxy) is 2. The van der Waals surface area contributed by atoms with Crippen LogP contribution in [0.5, 0.6) is 0 Å². The third kappa shape index (κ3) is 3.17. The average Bonchev–Trinajstić information content (AvgIpc) is 2.33. The monoisotopic (exact) mass is 228 g/mol. The first kappa shape index (κ1) is 12.3. The van der Waals surface area contributed by atoms with Crippen LogP contribution in [-0.4, -0.2) is 63.5 Å². The van der Waals surface area contributed by atoms with Crippen molar-refractivity contribution in [1.29, 1.82) is 0 Å². The number of rotatable bonds is 3. The number of piperidine rings is 1. The van der Waals surface area contributed by atoms with Gasteiger partial charge in [-0.2, -0.15) is 0 Å². The molecule has 2 aliphatic heterocycles. The van der Waals surface area contributed by atoms with Gasteiger partial charge in [0.25, 0.3) is 0 Å². The Kier molecular flexibility index (Phi) is 4.58. The standard InChI is InChI=1S/C12H24N2O2/c1-10-3-5-14(8-12(10)15-2)7-11-9-16-6-4-13-11/h10-13H,3-9H2,1-2H3. The Bertz CT molecular complexity index is 207. The van der Waals surface area contributed by atoms with Gasteiger partial charge in [0.2, 0.25) is 0 Å². The van der Waals surface area contributed by atoms with Gasteiger partial charge < -0.3 is 14.8 Å². The molecule has 2 fully saturated rings. The molecule has 0 aromatic rings. The second-order valence-corrected chi connectivity index (χ2v) is 5.03. The van der Waals surface area contributed by atoms with Crippen LogP contribution in [0.3, 0.4) is 0 Å². The number of likely N-dealkylation sites (tertiary alicyclic amines) is 1. The molecule has 2 heterocycles. The molecule has 0 aromatic carbocycles. The normalized spacial score (nSPS) is 37.5. The predicted octanol–water partition coefficient (Wildman–Crippen LogP) is 0.332. The molecule has 0 bridgehead atoms. The van der Waals surface area contributed by atoms with Crippen LogP contribution >= 0.6 is 0 Å². The maximum absolute atomic E-state index is 5.53. The lowest BCUT2D eigenvalue weighted by molar-refractivity contribution is -0.0152. The Labute approximate surface area is 98.3 Å². The van der Waals surface area contributed by atoms with Gasteiger partial charge in [0.1, 0.15) is 0 Å². The minimum Gasteiger partial charge on any atom is -0.380 e. The molecular formula is C12H24N2O2. The Morgan fingerprint density at radius 2 is 2.38 bits per heavy atom. The van der Waals surface area contributed by atoms with Crippen molar-refractivity contribution in [3.05, 3.63) is 0 Å². The number of nitrogens with one attached hydrogen (secondary N) is 1. The van der Waals surface area contributed by atoms with Gasteiger partial charge in [-0.25, -0.2) is 0 Å². The zero-order chi connectivity index (χ0) is 11.4. The van der Waals surface area contributed by atoms with E-state index in [1.165, 1.54) is 13.0 Å². The van der Waals surface area contributed by atoms with E-state index >= 15 is 0 Å². The lowest BCUT2D eigenvalue weighted by atomic mass is 9.95. The zero-order valence-electron chi connectivity index (χ0n) is 10.4. The van der Waals surface area contributed by atoms with Crippen molar-refractivity contribution in [2.45, 2.75) is 25.5 Å². The second-order valence-electron chi connectivity index (χ2n) is 5.03. The summed E-state index contributed by atoms with van der Waals surface area (Å²) in [6.45, 7) is 8.33. The van der Waals surface area contributed by atoms with Crippen LogP contribution in [0.4, 0.5) is 0 Å². The summed E-state index contributed by atoms with van der Waals surface area (Å²) in [5, 5.41) is 3.50. The number of nitrogens with zero attached hydrogens (tertiary/aromatic N) is 1. The SMILES string of the molecule is COC1CN(CC2COCCN2)CCC1C. The fourth-order valence-corrected chi connectivity index (χ4v) is 2.62. The minimum atomic E-state index is 0.401. The summed E-state index contributed by atoms with van der Waals surface area (Å²) in [7, 11) is 1.83. The number of hydrogen-bond acceptors (Lipinski definition) is 4. The molecule has 0 amide bonds. The molecule has 2 saturated heterocycles. The highest BCUT2D eigenvalue weighted by molar-refractivity contribution is 4.82. The summed E-state index contributed by atoms with van der Waals surface area (Å²) in [6.07, 6.45) is 1.64. The Morgan fingerprint density at radius 1 is 1.50 bits per heavy atom. The van der Waals surface area contributed by atoms with Crippen LogP contribution in [-0.2, 0) is 9.47 Å². The quantitative estimate of drug-likeness (QED) is 0.755. The van der Waals surface area contributed by atoms with Gasteiger partial charge in [-0.3, -0.25) is 4.90 Å². The van der Waals surface area contributed by atoms with Crippen molar-refractivity contribution >= 4 is 0 Å². The van der Waals surface area contributed by atoms with E-state index in [0.717, 1.165) is 32.8 Å². The fourth-order valence-electron chi connectivity index (χ4n) is 2.62. The van der Waals surface area contributed by atoms with Crippen LogP contribution in [0, 0.1) is 5.92 Å². The van der Waals surface area contributed by atoms with E-state index in [4.69, 9.17) is 9.47 Å². The van der Waals surface area contributed by atoms with Crippen molar-refractivity contribution in [2.24, 2.45) is 5.92 Å². The lowest BCUT2D eigenvalue weighted by Gasteiger charge is -2.38. The van der Waals surface area contributed by atoms with Crippen LogP contribution < -0.4 is 5.32 Å². The number of hydrogen-bond donors (Lipinski definition) is 1. The first-order valence-corrected chi connectivity index (χ1v) is 6.36.